The number of methoxy groups -OCH3 is 1. The summed E-state index contributed by atoms with van der Waals surface area (Å²) in [5, 5.41) is 11.6. The minimum Gasteiger partial charge on any atom is -0.379 e. The maximum absolute atomic E-state index is 5.47. The highest BCUT2D eigenvalue weighted by Gasteiger charge is 2.30. The molecule has 2 aliphatic rings. The second-order valence-corrected chi connectivity index (χ2v) is 7.69. The smallest absolute Gasteiger partial charge is 0.243 e. The molecule has 1 N–H and O–H groups in total. The molecule has 2 fully saturated rings. The first-order chi connectivity index (χ1) is 13.7. The van der Waals surface area contributed by atoms with E-state index in [9.17, 15) is 0 Å². The number of ether oxygens (including phenoxy) is 2. The molecule has 2 aromatic rings. The molecule has 0 unspecified atom stereocenters. The number of piperidine rings is 1. The quantitative estimate of drug-likeness (QED) is 0.764. The number of H-pyrrole nitrogens is 1. The maximum Gasteiger partial charge on any atom is 0.243 e. The molecule has 0 aliphatic carbocycles. The van der Waals surface area contributed by atoms with Crippen LogP contribution >= 0.6 is 0 Å². The third-order valence-electron chi connectivity index (χ3n) is 5.77. The highest BCUT2D eigenvalue weighted by Crippen LogP contribution is 2.32. The van der Waals surface area contributed by atoms with E-state index in [2.05, 4.69) is 37.1 Å². The molecule has 0 spiro atoms. The van der Waals surface area contributed by atoms with Crippen LogP contribution in [0.3, 0.4) is 0 Å². The van der Waals surface area contributed by atoms with Gasteiger partial charge in [0.05, 0.1) is 25.5 Å². The summed E-state index contributed by atoms with van der Waals surface area (Å²) in [6.07, 6.45) is 4.30. The monoisotopic (exact) mass is 390 g/mol. The van der Waals surface area contributed by atoms with Crippen LogP contribution in [-0.4, -0.2) is 76.6 Å². The van der Waals surface area contributed by atoms with E-state index >= 15 is 0 Å². The molecule has 2 atom stereocenters. The van der Waals surface area contributed by atoms with Crippen molar-refractivity contribution >= 4 is 0 Å². The van der Waals surface area contributed by atoms with Gasteiger partial charge in [-0.3, -0.25) is 14.9 Å². The van der Waals surface area contributed by atoms with Crippen molar-refractivity contribution in [1.29, 1.82) is 0 Å². The molecular weight excluding hydrogens is 360 g/mol. The average Bonchev–Trinajstić information content (AvgIpc) is 3.38. The van der Waals surface area contributed by atoms with Crippen LogP contribution in [0.2, 0.25) is 0 Å². The van der Waals surface area contributed by atoms with Gasteiger partial charge < -0.3 is 14.0 Å². The summed E-state index contributed by atoms with van der Waals surface area (Å²) >= 11 is 0. The molecule has 0 amide bonds. The van der Waals surface area contributed by atoms with Crippen LogP contribution in [0.25, 0.3) is 0 Å². The van der Waals surface area contributed by atoms with E-state index in [4.69, 9.17) is 14.0 Å². The summed E-state index contributed by atoms with van der Waals surface area (Å²) in [7, 11) is 1.63. The Morgan fingerprint density at radius 3 is 3.00 bits per heavy atom. The number of aromatic nitrogens is 4. The topological polar surface area (TPSA) is 92.5 Å². The van der Waals surface area contributed by atoms with Crippen LogP contribution in [0.4, 0.5) is 0 Å². The normalized spacial score (nSPS) is 23.1. The van der Waals surface area contributed by atoms with Crippen LogP contribution < -0.4 is 0 Å². The first-order valence-corrected chi connectivity index (χ1v) is 10.1. The van der Waals surface area contributed by atoms with Gasteiger partial charge in [0.2, 0.25) is 5.89 Å². The SMILES string of the molecule is COCc1noc([C@H](C)N2CCC[C@H](c3[nH]ncc3CN3CCOCC3)C2)n1. The van der Waals surface area contributed by atoms with Crippen LogP contribution in [0.15, 0.2) is 10.7 Å². The second-order valence-electron chi connectivity index (χ2n) is 7.69. The number of likely N-dealkylation sites (tertiary alicyclic amines) is 1. The number of rotatable bonds is 7. The Balaban J connectivity index is 1.41. The van der Waals surface area contributed by atoms with Crippen molar-refractivity contribution in [3.8, 4) is 0 Å². The van der Waals surface area contributed by atoms with Crippen LogP contribution in [-0.2, 0) is 22.6 Å². The number of hydrogen-bond donors (Lipinski definition) is 1. The van der Waals surface area contributed by atoms with Crippen molar-refractivity contribution in [2.45, 2.75) is 44.9 Å². The molecule has 0 saturated carbocycles. The van der Waals surface area contributed by atoms with Crippen LogP contribution in [0, 0.1) is 0 Å². The third-order valence-corrected chi connectivity index (χ3v) is 5.77. The van der Waals surface area contributed by atoms with Gasteiger partial charge in [0.25, 0.3) is 0 Å². The number of morpholine rings is 1. The average molecular weight is 390 g/mol. The zero-order chi connectivity index (χ0) is 19.3. The molecule has 0 radical (unpaired) electrons. The Bertz CT molecular complexity index is 742. The summed E-state index contributed by atoms with van der Waals surface area (Å²) in [5.41, 5.74) is 2.58. The summed E-state index contributed by atoms with van der Waals surface area (Å²) in [6.45, 7) is 9.04. The van der Waals surface area contributed by atoms with E-state index in [0.29, 0.717) is 24.2 Å². The number of aromatic amines is 1. The van der Waals surface area contributed by atoms with E-state index in [1.54, 1.807) is 7.11 Å². The van der Waals surface area contributed by atoms with E-state index in [1.807, 2.05) is 6.20 Å². The molecule has 0 bridgehead atoms. The molecule has 2 saturated heterocycles. The number of nitrogens with one attached hydrogen (secondary N) is 1. The van der Waals surface area contributed by atoms with Gasteiger partial charge in [-0.05, 0) is 26.3 Å². The Hall–Kier alpha value is -1.81. The fourth-order valence-corrected chi connectivity index (χ4v) is 4.18. The number of nitrogens with zero attached hydrogens (tertiary/aromatic N) is 5. The summed E-state index contributed by atoms with van der Waals surface area (Å²) in [6, 6.07) is 0.0894. The van der Waals surface area contributed by atoms with Crippen LogP contribution in [0.5, 0.6) is 0 Å². The lowest BCUT2D eigenvalue weighted by molar-refractivity contribution is 0.0339. The minimum absolute atomic E-state index is 0.0894. The zero-order valence-corrected chi connectivity index (χ0v) is 16.8. The van der Waals surface area contributed by atoms with Gasteiger partial charge in [-0.2, -0.15) is 10.1 Å². The van der Waals surface area contributed by atoms with Gasteiger partial charge in [0.15, 0.2) is 5.82 Å². The highest BCUT2D eigenvalue weighted by molar-refractivity contribution is 5.22. The standard InChI is InChI=1S/C19H30N6O3/c1-14(19-21-17(13-26-2)23-28-19)25-5-3-4-15(12-25)18-16(10-20-22-18)11-24-6-8-27-9-7-24/h10,14-15H,3-9,11-13H2,1-2H3,(H,20,22)/t14-,15-/m0/s1. The third kappa shape index (κ3) is 4.43. The van der Waals surface area contributed by atoms with Gasteiger partial charge in [-0.1, -0.05) is 5.16 Å². The molecule has 2 aromatic heterocycles. The minimum atomic E-state index is 0.0894. The van der Waals surface area contributed by atoms with E-state index < -0.39 is 0 Å². The van der Waals surface area contributed by atoms with E-state index in [-0.39, 0.29) is 6.04 Å². The lowest BCUT2D eigenvalue weighted by Crippen LogP contribution is -2.38. The van der Waals surface area contributed by atoms with Crippen molar-refractivity contribution in [1.82, 2.24) is 30.1 Å². The Kier molecular flexibility index (Phi) is 6.36. The first-order valence-electron chi connectivity index (χ1n) is 10.1. The molecule has 154 valence electrons. The van der Waals surface area contributed by atoms with Crippen molar-refractivity contribution in [2.24, 2.45) is 0 Å². The largest absolute Gasteiger partial charge is 0.379 e. The fraction of sp³-hybridized carbons (Fsp3) is 0.737. The molecule has 4 heterocycles. The van der Waals surface area contributed by atoms with Gasteiger partial charge in [0.1, 0.15) is 6.61 Å². The van der Waals surface area contributed by atoms with Crippen molar-refractivity contribution in [3.63, 3.8) is 0 Å². The lowest BCUT2D eigenvalue weighted by Gasteiger charge is -2.35. The summed E-state index contributed by atoms with van der Waals surface area (Å²) in [5.74, 6) is 1.70. The van der Waals surface area contributed by atoms with Crippen molar-refractivity contribution in [3.05, 3.63) is 29.2 Å². The Labute approximate surface area is 165 Å². The second kappa shape index (κ2) is 9.13. The predicted molar refractivity (Wildman–Crippen MR) is 102 cm³/mol. The van der Waals surface area contributed by atoms with Crippen molar-refractivity contribution in [2.75, 3.05) is 46.5 Å². The van der Waals surface area contributed by atoms with Gasteiger partial charge >= 0.3 is 0 Å². The Morgan fingerprint density at radius 1 is 1.32 bits per heavy atom. The first kappa shape index (κ1) is 19.5. The zero-order valence-electron chi connectivity index (χ0n) is 16.8. The predicted octanol–water partition coefficient (Wildman–Crippen LogP) is 1.71. The van der Waals surface area contributed by atoms with Crippen molar-refractivity contribution < 1.29 is 14.0 Å². The van der Waals surface area contributed by atoms with E-state index in [1.165, 1.54) is 17.7 Å². The molecule has 9 nitrogen and oxygen atoms in total. The number of hydrogen-bond acceptors (Lipinski definition) is 8. The molecule has 0 aromatic carbocycles. The van der Waals surface area contributed by atoms with Gasteiger partial charge in [-0.25, -0.2) is 0 Å². The summed E-state index contributed by atoms with van der Waals surface area (Å²) in [4.78, 5) is 9.34. The lowest BCUT2D eigenvalue weighted by atomic mass is 9.91. The molecular formula is C19H30N6O3. The highest BCUT2D eigenvalue weighted by atomic mass is 16.5. The molecule has 4 rings (SSSR count). The molecule has 28 heavy (non-hydrogen) atoms. The molecule has 2 aliphatic heterocycles. The van der Waals surface area contributed by atoms with Crippen LogP contribution in [0.1, 0.15) is 54.7 Å². The van der Waals surface area contributed by atoms with Gasteiger partial charge in [0, 0.05) is 50.5 Å². The summed E-state index contributed by atoms with van der Waals surface area (Å²) < 4.78 is 16.0. The fourth-order valence-electron chi connectivity index (χ4n) is 4.18. The van der Waals surface area contributed by atoms with E-state index in [0.717, 1.165) is 52.4 Å². The maximum atomic E-state index is 5.47. The van der Waals surface area contributed by atoms with Gasteiger partial charge in [-0.15, -0.1) is 0 Å². The Morgan fingerprint density at radius 2 is 2.18 bits per heavy atom. The molecule has 9 heteroatoms.